The number of carbonyl (C=O) groups is 1. The lowest BCUT2D eigenvalue weighted by molar-refractivity contribution is -0.127. The average Bonchev–Trinajstić information content (AvgIpc) is 2.34. The lowest BCUT2D eigenvalue weighted by Crippen LogP contribution is -2.53. The van der Waals surface area contributed by atoms with Crippen molar-refractivity contribution in [3.63, 3.8) is 0 Å². The van der Waals surface area contributed by atoms with Gasteiger partial charge in [-0.3, -0.25) is 4.79 Å². The van der Waals surface area contributed by atoms with Crippen LogP contribution in [-0.4, -0.2) is 19.0 Å². The highest BCUT2D eigenvalue weighted by Gasteiger charge is 2.48. The summed E-state index contributed by atoms with van der Waals surface area (Å²) in [5.74, 6) is 1.02. The van der Waals surface area contributed by atoms with Crippen LogP contribution in [0.2, 0.25) is 0 Å². The minimum atomic E-state index is 0.147. The first-order chi connectivity index (χ1) is 9.12. The molecule has 2 fully saturated rings. The average molecular weight is 323 g/mol. The summed E-state index contributed by atoms with van der Waals surface area (Å²) in [6.07, 6.45) is 3.54. The molecule has 102 valence electrons. The highest BCUT2D eigenvalue weighted by atomic mass is 79.9. The van der Waals surface area contributed by atoms with Gasteiger partial charge in [0.05, 0.1) is 13.2 Å². The predicted octanol–water partition coefficient (Wildman–Crippen LogP) is 3.78. The number of halogens is 1. The van der Waals surface area contributed by atoms with Crippen molar-refractivity contribution in [2.45, 2.75) is 38.0 Å². The molecule has 0 unspecified atom stereocenters. The van der Waals surface area contributed by atoms with E-state index in [9.17, 15) is 4.79 Å². The highest BCUT2D eigenvalue weighted by molar-refractivity contribution is 9.10. The van der Waals surface area contributed by atoms with Crippen LogP contribution in [0.3, 0.4) is 0 Å². The number of ether oxygens (including phenoxy) is 1. The fourth-order valence-electron chi connectivity index (χ4n) is 3.56. The number of rotatable bonds is 2. The second-order valence-electron chi connectivity index (χ2n) is 5.92. The van der Waals surface area contributed by atoms with E-state index < -0.39 is 0 Å². The highest BCUT2D eigenvalue weighted by Crippen LogP contribution is 2.47. The second kappa shape index (κ2) is 5.02. The van der Waals surface area contributed by atoms with E-state index in [1.807, 2.05) is 0 Å². The summed E-state index contributed by atoms with van der Waals surface area (Å²) >= 11 is 3.58. The monoisotopic (exact) mass is 322 g/mol. The van der Waals surface area contributed by atoms with Gasteiger partial charge in [0.15, 0.2) is 0 Å². The molecule has 1 saturated heterocycles. The molecule has 2 aliphatic rings. The summed E-state index contributed by atoms with van der Waals surface area (Å²) in [6.45, 7) is 3.79. The Kier molecular flexibility index (Phi) is 3.52. The van der Waals surface area contributed by atoms with Crippen LogP contribution in [0.4, 0.5) is 0 Å². The number of hydrogen-bond donors (Lipinski definition) is 0. The summed E-state index contributed by atoms with van der Waals surface area (Å²) in [4.78, 5) is 11.5. The summed E-state index contributed by atoms with van der Waals surface area (Å²) in [6, 6.07) is 6.51. The summed E-state index contributed by atoms with van der Waals surface area (Å²) in [5, 5.41) is 0. The Balaban J connectivity index is 1.94. The molecule has 1 aromatic rings. The number of ketones is 1. The molecule has 0 bridgehead atoms. The largest absolute Gasteiger partial charge is 0.379 e. The zero-order chi connectivity index (χ0) is 13.5. The van der Waals surface area contributed by atoms with Crippen molar-refractivity contribution in [2.75, 3.05) is 13.2 Å². The van der Waals surface area contributed by atoms with Gasteiger partial charge in [0.2, 0.25) is 0 Å². The fourth-order valence-corrected chi connectivity index (χ4v) is 3.92. The zero-order valence-corrected chi connectivity index (χ0v) is 12.8. The van der Waals surface area contributed by atoms with Gasteiger partial charge in [0.1, 0.15) is 5.78 Å². The van der Waals surface area contributed by atoms with Crippen molar-refractivity contribution in [3.05, 3.63) is 33.8 Å². The van der Waals surface area contributed by atoms with Crippen molar-refractivity contribution in [2.24, 2.45) is 5.92 Å². The van der Waals surface area contributed by atoms with Gasteiger partial charge >= 0.3 is 0 Å². The smallest absolute Gasteiger partial charge is 0.132 e. The van der Waals surface area contributed by atoms with Crippen molar-refractivity contribution in [3.8, 4) is 0 Å². The number of benzene rings is 1. The maximum absolute atomic E-state index is 11.5. The van der Waals surface area contributed by atoms with Gasteiger partial charge in [0.25, 0.3) is 0 Å². The van der Waals surface area contributed by atoms with Crippen LogP contribution in [0.25, 0.3) is 0 Å². The Labute approximate surface area is 122 Å². The van der Waals surface area contributed by atoms with Gasteiger partial charge < -0.3 is 4.74 Å². The van der Waals surface area contributed by atoms with Gasteiger partial charge in [-0.2, -0.15) is 0 Å². The SMILES string of the molecule is Cc1ccc(Br)cc1C1(C2CCC(=O)CC2)COC1. The molecule has 2 nitrogen and oxygen atoms in total. The summed E-state index contributed by atoms with van der Waals surface area (Å²) < 4.78 is 6.70. The van der Waals surface area contributed by atoms with Gasteiger partial charge in [-0.15, -0.1) is 0 Å². The molecule has 1 saturated carbocycles. The number of Topliss-reactive ketones (excluding diaryl/α,β-unsaturated/α-hetero) is 1. The number of hydrogen-bond acceptors (Lipinski definition) is 2. The van der Waals surface area contributed by atoms with Crippen LogP contribution >= 0.6 is 15.9 Å². The lowest BCUT2D eigenvalue weighted by atomic mass is 9.63. The van der Waals surface area contributed by atoms with Crippen LogP contribution in [0.5, 0.6) is 0 Å². The maximum atomic E-state index is 11.5. The second-order valence-corrected chi connectivity index (χ2v) is 6.84. The van der Waals surface area contributed by atoms with Crippen molar-refractivity contribution >= 4 is 21.7 Å². The third-order valence-corrected chi connectivity index (χ3v) is 5.27. The molecule has 0 N–H and O–H groups in total. The van der Waals surface area contributed by atoms with Gasteiger partial charge in [-0.05, 0) is 48.9 Å². The van der Waals surface area contributed by atoms with E-state index in [1.165, 1.54) is 11.1 Å². The van der Waals surface area contributed by atoms with E-state index >= 15 is 0 Å². The minimum absolute atomic E-state index is 0.147. The van der Waals surface area contributed by atoms with Crippen LogP contribution in [0, 0.1) is 12.8 Å². The third-order valence-electron chi connectivity index (χ3n) is 4.78. The van der Waals surface area contributed by atoms with Gasteiger partial charge in [0, 0.05) is 22.7 Å². The molecule has 3 heteroatoms. The molecule has 19 heavy (non-hydrogen) atoms. The normalized spacial score (nSPS) is 23.2. The van der Waals surface area contributed by atoms with E-state index in [2.05, 4.69) is 41.1 Å². The maximum Gasteiger partial charge on any atom is 0.132 e. The molecular formula is C16H19BrO2. The molecule has 1 aliphatic heterocycles. The lowest BCUT2D eigenvalue weighted by Gasteiger charge is -2.49. The van der Waals surface area contributed by atoms with Crippen LogP contribution < -0.4 is 0 Å². The van der Waals surface area contributed by atoms with Gasteiger partial charge in [-0.1, -0.05) is 22.0 Å². The molecule has 0 atom stereocenters. The quantitative estimate of drug-likeness (QED) is 0.828. The minimum Gasteiger partial charge on any atom is -0.379 e. The standard InChI is InChI=1S/C16H19BrO2/c1-11-2-5-13(17)8-15(11)16(9-19-10-16)12-3-6-14(18)7-4-12/h2,5,8,12H,3-4,6-7,9-10H2,1H3. The molecule has 0 aromatic heterocycles. The predicted molar refractivity (Wildman–Crippen MR) is 78.3 cm³/mol. The Hall–Kier alpha value is -0.670. The van der Waals surface area contributed by atoms with E-state index in [1.54, 1.807) is 0 Å². The molecule has 1 aromatic carbocycles. The van der Waals surface area contributed by atoms with Crippen LogP contribution in [0.1, 0.15) is 36.8 Å². The topological polar surface area (TPSA) is 26.3 Å². The van der Waals surface area contributed by atoms with Gasteiger partial charge in [-0.25, -0.2) is 0 Å². The zero-order valence-electron chi connectivity index (χ0n) is 11.2. The van der Waals surface area contributed by atoms with Crippen molar-refractivity contribution in [1.29, 1.82) is 0 Å². The summed E-state index contributed by atoms with van der Waals surface area (Å²) in [5.41, 5.74) is 2.89. The van der Waals surface area contributed by atoms with Crippen LogP contribution in [0.15, 0.2) is 22.7 Å². The van der Waals surface area contributed by atoms with E-state index in [0.717, 1.165) is 43.4 Å². The van der Waals surface area contributed by atoms with Crippen LogP contribution in [-0.2, 0) is 14.9 Å². The Morgan fingerprint density at radius 1 is 1.26 bits per heavy atom. The van der Waals surface area contributed by atoms with E-state index in [-0.39, 0.29) is 5.41 Å². The molecular weight excluding hydrogens is 304 g/mol. The first kappa shape index (κ1) is 13.3. The summed E-state index contributed by atoms with van der Waals surface area (Å²) in [7, 11) is 0. The molecule has 0 amide bonds. The third kappa shape index (κ3) is 2.27. The van der Waals surface area contributed by atoms with E-state index in [0.29, 0.717) is 11.7 Å². The molecule has 3 rings (SSSR count). The fraction of sp³-hybridized carbons (Fsp3) is 0.562. The molecule has 0 radical (unpaired) electrons. The van der Waals surface area contributed by atoms with Crippen molar-refractivity contribution < 1.29 is 9.53 Å². The number of carbonyl (C=O) groups excluding carboxylic acids is 1. The molecule has 1 aliphatic carbocycles. The first-order valence-electron chi connectivity index (χ1n) is 6.98. The Morgan fingerprint density at radius 2 is 1.95 bits per heavy atom. The van der Waals surface area contributed by atoms with Crippen molar-refractivity contribution in [1.82, 2.24) is 0 Å². The Bertz CT molecular complexity index is 495. The first-order valence-corrected chi connectivity index (χ1v) is 7.77. The number of aryl methyl sites for hydroxylation is 1. The van der Waals surface area contributed by atoms with E-state index in [4.69, 9.17) is 4.74 Å². The molecule has 1 heterocycles. The Morgan fingerprint density at radius 3 is 2.53 bits per heavy atom. The molecule has 0 spiro atoms.